The van der Waals surface area contributed by atoms with Crippen molar-refractivity contribution in [2.45, 2.75) is 75.5 Å². The minimum absolute atomic E-state index is 0. The van der Waals surface area contributed by atoms with Gasteiger partial charge in [0.25, 0.3) is 0 Å². The zero-order chi connectivity index (χ0) is 17.6. The average molecular weight is 391 g/mol. The van der Waals surface area contributed by atoms with E-state index in [1.54, 1.807) is 0 Å². The molecule has 4 aliphatic rings. The van der Waals surface area contributed by atoms with Gasteiger partial charge in [0, 0.05) is 31.4 Å². The third kappa shape index (κ3) is 3.41. The Balaban J connectivity index is 0.00000180. The number of hydrogen-bond donors (Lipinski definition) is 1. The molecule has 0 aromatic heterocycles. The van der Waals surface area contributed by atoms with Gasteiger partial charge < -0.3 is 14.9 Å². The summed E-state index contributed by atoms with van der Waals surface area (Å²) in [5, 5.41) is 10.9. The number of aliphatic hydroxyl groups is 1. The first-order valence-corrected chi connectivity index (χ1v) is 11.0. The maximum Gasteiger partial charge on any atom is 0.0789 e. The molecule has 2 saturated carbocycles. The van der Waals surface area contributed by atoms with Crippen molar-refractivity contribution in [3.63, 3.8) is 0 Å². The van der Waals surface area contributed by atoms with E-state index >= 15 is 0 Å². The summed E-state index contributed by atoms with van der Waals surface area (Å²) in [5.74, 6) is 2.03. The number of para-hydroxylation sites is 1. The van der Waals surface area contributed by atoms with Crippen molar-refractivity contribution >= 4 is 18.1 Å². The first-order chi connectivity index (χ1) is 12.8. The van der Waals surface area contributed by atoms with Crippen LogP contribution in [0.5, 0.6) is 0 Å². The van der Waals surface area contributed by atoms with E-state index in [2.05, 4.69) is 40.1 Å². The maximum absolute atomic E-state index is 10.9. The van der Waals surface area contributed by atoms with Gasteiger partial charge in [-0.2, -0.15) is 0 Å². The van der Waals surface area contributed by atoms with E-state index in [9.17, 15) is 5.11 Å². The van der Waals surface area contributed by atoms with E-state index in [4.69, 9.17) is 0 Å². The Morgan fingerprint density at radius 1 is 0.852 bits per heavy atom. The Morgan fingerprint density at radius 3 is 2.11 bits per heavy atom. The summed E-state index contributed by atoms with van der Waals surface area (Å²) in [4.78, 5) is 5.32. The number of fused-ring (bicyclic) bond motifs is 1. The second-order valence-corrected chi connectivity index (χ2v) is 9.36. The van der Waals surface area contributed by atoms with E-state index in [1.165, 1.54) is 57.3 Å². The van der Waals surface area contributed by atoms with Gasteiger partial charge in [-0.05, 0) is 56.1 Å². The van der Waals surface area contributed by atoms with Crippen molar-refractivity contribution in [3.8, 4) is 0 Å². The Bertz CT molecular complexity index is 602. The van der Waals surface area contributed by atoms with Crippen molar-refractivity contribution in [3.05, 3.63) is 30.3 Å². The smallest absolute Gasteiger partial charge is 0.0789 e. The van der Waals surface area contributed by atoms with E-state index in [0.717, 1.165) is 43.7 Å². The monoisotopic (exact) mass is 390 g/mol. The highest BCUT2D eigenvalue weighted by Crippen LogP contribution is 2.46. The summed E-state index contributed by atoms with van der Waals surface area (Å²) in [6.07, 6.45) is 11.8. The molecule has 2 aliphatic carbocycles. The highest BCUT2D eigenvalue weighted by molar-refractivity contribution is 5.85. The number of rotatable bonds is 2. The normalized spacial score (nSPS) is 35.8. The van der Waals surface area contributed by atoms with E-state index < -0.39 is 0 Å². The van der Waals surface area contributed by atoms with Crippen LogP contribution < -0.4 is 4.90 Å². The number of piperidine rings is 1. The molecule has 0 amide bonds. The molecule has 2 aliphatic heterocycles. The standard InChI is InChI=1S/C23H34N2O.ClH/c26-22-10-13-25(20-8-2-1-3-9-20)23(22)11-14-24(15-12-23)21-16-18-6-4-5-7-19(18)17-21;/h1-3,8-9,18-19,21-22,26H,4-7,10-17H2;1H. The van der Waals surface area contributed by atoms with Crippen molar-refractivity contribution in [1.82, 2.24) is 4.90 Å². The van der Waals surface area contributed by atoms with Gasteiger partial charge in [0.15, 0.2) is 0 Å². The van der Waals surface area contributed by atoms with Crippen LogP contribution in [0.15, 0.2) is 30.3 Å². The molecule has 0 radical (unpaired) electrons. The van der Waals surface area contributed by atoms with Gasteiger partial charge in [-0.15, -0.1) is 12.4 Å². The van der Waals surface area contributed by atoms with E-state index in [1.807, 2.05) is 0 Å². The largest absolute Gasteiger partial charge is 0.391 e. The Labute approximate surface area is 170 Å². The Hall–Kier alpha value is -0.770. The molecule has 1 aromatic rings. The van der Waals surface area contributed by atoms with Crippen LogP contribution in [0.1, 0.15) is 57.8 Å². The fourth-order valence-corrected chi connectivity index (χ4v) is 6.79. The lowest BCUT2D eigenvalue weighted by Gasteiger charge is -2.49. The van der Waals surface area contributed by atoms with Crippen LogP contribution >= 0.6 is 12.4 Å². The van der Waals surface area contributed by atoms with Crippen LogP contribution in [-0.4, -0.2) is 47.3 Å². The molecule has 5 rings (SSSR count). The predicted octanol–water partition coefficient (Wildman–Crippen LogP) is 4.48. The average Bonchev–Trinajstić information content (AvgIpc) is 3.25. The second-order valence-electron chi connectivity index (χ2n) is 9.36. The number of halogens is 1. The molecule has 27 heavy (non-hydrogen) atoms. The van der Waals surface area contributed by atoms with Gasteiger partial charge in [0.1, 0.15) is 0 Å². The van der Waals surface area contributed by atoms with Crippen LogP contribution in [0.2, 0.25) is 0 Å². The predicted molar refractivity (Wildman–Crippen MR) is 114 cm³/mol. The number of likely N-dealkylation sites (tertiary alicyclic amines) is 1. The lowest BCUT2D eigenvalue weighted by Crippen LogP contribution is -2.58. The number of anilines is 1. The molecular weight excluding hydrogens is 356 g/mol. The SMILES string of the molecule is Cl.OC1CCN(c2ccccc2)C12CCN(C1CC3CCCCC3C1)CC2. The van der Waals surface area contributed by atoms with Crippen molar-refractivity contribution in [2.24, 2.45) is 11.8 Å². The van der Waals surface area contributed by atoms with Crippen molar-refractivity contribution < 1.29 is 5.11 Å². The number of nitrogens with zero attached hydrogens (tertiary/aromatic N) is 2. The van der Waals surface area contributed by atoms with Gasteiger partial charge >= 0.3 is 0 Å². The van der Waals surface area contributed by atoms with Crippen molar-refractivity contribution in [1.29, 1.82) is 0 Å². The van der Waals surface area contributed by atoms with Crippen LogP contribution in [0, 0.1) is 11.8 Å². The maximum atomic E-state index is 10.9. The second kappa shape index (κ2) is 7.93. The molecule has 150 valence electrons. The lowest BCUT2D eigenvalue weighted by molar-refractivity contribution is 0.0413. The third-order valence-electron chi connectivity index (χ3n) is 8.25. The Morgan fingerprint density at radius 2 is 1.48 bits per heavy atom. The van der Waals surface area contributed by atoms with Crippen molar-refractivity contribution in [2.75, 3.05) is 24.5 Å². The number of benzene rings is 1. The lowest BCUT2D eigenvalue weighted by atomic mass is 9.82. The minimum atomic E-state index is -0.170. The number of aliphatic hydroxyl groups excluding tert-OH is 1. The van der Waals surface area contributed by atoms with E-state index in [-0.39, 0.29) is 24.0 Å². The molecule has 0 bridgehead atoms. The summed E-state index contributed by atoms with van der Waals surface area (Å²) in [6, 6.07) is 11.6. The zero-order valence-corrected chi connectivity index (χ0v) is 17.2. The van der Waals surface area contributed by atoms with Crippen LogP contribution in [0.4, 0.5) is 5.69 Å². The molecule has 2 heterocycles. The van der Waals surface area contributed by atoms with Crippen LogP contribution in [0.3, 0.4) is 0 Å². The fourth-order valence-electron chi connectivity index (χ4n) is 6.79. The van der Waals surface area contributed by atoms with Crippen LogP contribution in [0.25, 0.3) is 0 Å². The first kappa shape index (κ1) is 19.5. The van der Waals surface area contributed by atoms with Gasteiger partial charge in [0.05, 0.1) is 11.6 Å². The van der Waals surface area contributed by atoms with Gasteiger partial charge in [-0.25, -0.2) is 0 Å². The quantitative estimate of drug-likeness (QED) is 0.806. The molecule has 3 unspecified atom stereocenters. The van der Waals surface area contributed by atoms with Gasteiger partial charge in [-0.1, -0.05) is 43.9 Å². The molecule has 3 atom stereocenters. The first-order valence-electron chi connectivity index (χ1n) is 11.0. The molecular formula is C23H35ClN2O. The Kier molecular flexibility index (Phi) is 5.74. The molecule has 1 spiro atoms. The molecule has 4 fully saturated rings. The minimum Gasteiger partial charge on any atom is -0.391 e. The summed E-state index contributed by atoms with van der Waals surface area (Å²) >= 11 is 0. The van der Waals surface area contributed by atoms with E-state index in [0.29, 0.717) is 0 Å². The summed E-state index contributed by atoms with van der Waals surface area (Å²) in [5.41, 5.74) is 1.27. The summed E-state index contributed by atoms with van der Waals surface area (Å²) in [7, 11) is 0. The molecule has 3 nitrogen and oxygen atoms in total. The van der Waals surface area contributed by atoms with Gasteiger partial charge in [0.2, 0.25) is 0 Å². The molecule has 2 saturated heterocycles. The van der Waals surface area contributed by atoms with Crippen LogP contribution in [-0.2, 0) is 0 Å². The molecule has 1 aromatic carbocycles. The summed E-state index contributed by atoms with van der Waals surface area (Å²) < 4.78 is 0. The number of hydrogen-bond acceptors (Lipinski definition) is 3. The fraction of sp³-hybridized carbons (Fsp3) is 0.739. The summed E-state index contributed by atoms with van der Waals surface area (Å²) in [6.45, 7) is 3.34. The highest BCUT2D eigenvalue weighted by Gasteiger charge is 2.51. The molecule has 4 heteroatoms. The topological polar surface area (TPSA) is 26.7 Å². The highest BCUT2D eigenvalue weighted by atomic mass is 35.5. The third-order valence-corrected chi connectivity index (χ3v) is 8.25. The van der Waals surface area contributed by atoms with Gasteiger partial charge in [-0.3, -0.25) is 0 Å². The zero-order valence-electron chi connectivity index (χ0n) is 16.4. The molecule has 1 N–H and O–H groups in total.